The van der Waals surface area contributed by atoms with Gasteiger partial charge in [-0.25, -0.2) is 4.79 Å². The van der Waals surface area contributed by atoms with E-state index in [4.69, 9.17) is 9.15 Å². The fourth-order valence-electron chi connectivity index (χ4n) is 2.91. The summed E-state index contributed by atoms with van der Waals surface area (Å²) in [5.74, 6) is -1.03. The van der Waals surface area contributed by atoms with Crippen LogP contribution in [0.2, 0.25) is 0 Å². The van der Waals surface area contributed by atoms with Crippen molar-refractivity contribution in [2.45, 2.75) is 19.8 Å². The van der Waals surface area contributed by atoms with E-state index in [0.29, 0.717) is 5.56 Å². The van der Waals surface area contributed by atoms with Crippen molar-refractivity contribution in [1.29, 1.82) is 0 Å². The first kappa shape index (κ1) is 18.4. The van der Waals surface area contributed by atoms with Crippen molar-refractivity contribution in [2.75, 3.05) is 13.7 Å². The Morgan fingerprint density at radius 3 is 2.63 bits per heavy atom. The minimum absolute atomic E-state index is 0.0452. The molecule has 0 saturated carbocycles. The minimum atomic E-state index is -0.558. The Morgan fingerprint density at radius 2 is 1.93 bits per heavy atom. The van der Waals surface area contributed by atoms with E-state index >= 15 is 0 Å². The van der Waals surface area contributed by atoms with Gasteiger partial charge in [-0.2, -0.15) is 0 Å². The molecule has 0 radical (unpaired) electrons. The molecule has 0 amide bonds. The van der Waals surface area contributed by atoms with Crippen LogP contribution in [0.25, 0.3) is 21.9 Å². The molecular weight excluding hydrogens is 352 g/mol. The predicted molar refractivity (Wildman–Crippen MR) is 97.9 cm³/mol. The van der Waals surface area contributed by atoms with E-state index in [-0.39, 0.29) is 58.1 Å². The molecule has 0 bridgehead atoms. The van der Waals surface area contributed by atoms with E-state index in [1.165, 1.54) is 37.4 Å². The number of aryl methyl sites for hydroxylation is 1. The average Bonchev–Trinajstić information content (AvgIpc) is 2.66. The number of esters is 2. The summed E-state index contributed by atoms with van der Waals surface area (Å²) in [5.41, 5.74) is 0.731. The first-order valence-electron chi connectivity index (χ1n) is 8.41. The highest BCUT2D eigenvalue weighted by molar-refractivity contribution is 5.97. The second-order valence-corrected chi connectivity index (χ2v) is 5.88. The maximum Gasteiger partial charge on any atom is 0.337 e. The van der Waals surface area contributed by atoms with Crippen LogP contribution in [0.15, 0.2) is 39.5 Å². The van der Waals surface area contributed by atoms with Gasteiger partial charge < -0.3 is 19.0 Å². The van der Waals surface area contributed by atoms with Crippen LogP contribution in [0.5, 0.6) is 5.75 Å². The number of rotatable bonds is 5. The van der Waals surface area contributed by atoms with Crippen molar-refractivity contribution < 1.29 is 28.6 Å². The number of aromatic hydroxyl groups is 1. The zero-order valence-corrected chi connectivity index (χ0v) is 14.9. The zero-order valence-electron chi connectivity index (χ0n) is 14.9. The number of carbonyl (C=O) groups is 2. The van der Waals surface area contributed by atoms with Gasteiger partial charge in [-0.05, 0) is 43.7 Å². The Bertz CT molecular complexity index is 1090. The zero-order chi connectivity index (χ0) is 19.6. The molecule has 0 aliphatic heterocycles. The van der Waals surface area contributed by atoms with Crippen molar-refractivity contribution in [1.82, 2.24) is 0 Å². The van der Waals surface area contributed by atoms with Gasteiger partial charge in [0.05, 0.1) is 30.1 Å². The van der Waals surface area contributed by atoms with Gasteiger partial charge >= 0.3 is 11.9 Å². The quantitative estimate of drug-likeness (QED) is 0.544. The van der Waals surface area contributed by atoms with Gasteiger partial charge in [0.25, 0.3) is 0 Å². The molecule has 0 fully saturated rings. The van der Waals surface area contributed by atoms with Gasteiger partial charge in [0, 0.05) is 12.0 Å². The molecular formula is C20H18O7. The molecule has 3 aromatic rings. The smallest absolute Gasteiger partial charge is 0.337 e. The summed E-state index contributed by atoms with van der Waals surface area (Å²) in [6.07, 6.45) is 0.209. The van der Waals surface area contributed by atoms with Gasteiger partial charge in [0.15, 0.2) is 0 Å². The number of phenols is 1. The third kappa shape index (κ3) is 3.48. The number of fused-ring (bicyclic) bond motifs is 2. The van der Waals surface area contributed by atoms with Crippen LogP contribution in [0.4, 0.5) is 0 Å². The molecule has 0 unspecified atom stereocenters. The SMILES string of the molecule is CCOC(=O)CCc1c(O)ccc2c(=O)c3cc(C(=O)OC)ccc3oc12. The highest BCUT2D eigenvalue weighted by atomic mass is 16.5. The van der Waals surface area contributed by atoms with Crippen LogP contribution in [0.3, 0.4) is 0 Å². The topological polar surface area (TPSA) is 103 Å². The van der Waals surface area contributed by atoms with Gasteiger partial charge in [-0.3, -0.25) is 9.59 Å². The Hall–Kier alpha value is -3.35. The minimum Gasteiger partial charge on any atom is -0.508 e. The number of hydrogen-bond acceptors (Lipinski definition) is 7. The molecule has 1 heterocycles. The number of benzene rings is 2. The molecule has 0 aliphatic carbocycles. The van der Waals surface area contributed by atoms with Gasteiger partial charge in [0.2, 0.25) is 5.43 Å². The Labute approximate surface area is 154 Å². The monoisotopic (exact) mass is 370 g/mol. The van der Waals surface area contributed by atoms with E-state index in [1.807, 2.05) is 0 Å². The second-order valence-electron chi connectivity index (χ2n) is 5.88. The van der Waals surface area contributed by atoms with Crippen molar-refractivity contribution in [2.24, 2.45) is 0 Å². The molecule has 27 heavy (non-hydrogen) atoms. The summed E-state index contributed by atoms with van der Waals surface area (Å²) < 4.78 is 15.4. The summed E-state index contributed by atoms with van der Waals surface area (Å²) in [4.78, 5) is 36.2. The van der Waals surface area contributed by atoms with Crippen LogP contribution in [-0.4, -0.2) is 30.8 Å². The van der Waals surface area contributed by atoms with Gasteiger partial charge in [-0.15, -0.1) is 0 Å². The lowest BCUT2D eigenvalue weighted by atomic mass is 10.0. The number of ether oxygens (including phenoxy) is 2. The largest absolute Gasteiger partial charge is 0.508 e. The summed E-state index contributed by atoms with van der Waals surface area (Å²) in [7, 11) is 1.26. The maximum atomic E-state index is 12.9. The van der Waals surface area contributed by atoms with Crippen LogP contribution in [-0.2, 0) is 20.7 Å². The lowest BCUT2D eigenvalue weighted by molar-refractivity contribution is -0.143. The van der Waals surface area contributed by atoms with Crippen molar-refractivity contribution in [3.05, 3.63) is 51.7 Å². The summed E-state index contributed by atoms with van der Waals surface area (Å²) >= 11 is 0. The fourth-order valence-corrected chi connectivity index (χ4v) is 2.91. The molecule has 0 aliphatic rings. The molecule has 3 rings (SSSR count). The molecule has 0 atom stereocenters. The summed E-state index contributed by atoms with van der Waals surface area (Å²) in [6.45, 7) is 1.98. The first-order valence-corrected chi connectivity index (χ1v) is 8.41. The standard InChI is InChI=1S/C20H18O7/c1-3-26-17(22)9-6-12-15(21)7-5-13-18(23)14-10-11(20(24)25-2)4-8-16(14)27-19(12)13/h4-5,7-8,10,21H,3,6,9H2,1-2H3. The first-order chi connectivity index (χ1) is 13.0. The van der Waals surface area contributed by atoms with Crippen LogP contribution < -0.4 is 5.43 Å². The lowest BCUT2D eigenvalue weighted by Gasteiger charge is -2.09. The van der Waals surface area contributed by atoms with Crippen LogP contribution in [0, 0.1) is 0 Å². The number of phenolic OH excluding ortho intramolecular Hbond substituents is 1. The molecule has 140 valence electrons. The van der Waals surface area contributed by atoms with Crippen LogP contribution in [0.1, 0.15) is 29.3 Å². The second kappa shape index (κ2) is 7.49. The third-order valence-corrected chi connectivity index (χ3v) is 4.22. The number of hydrogen-bond donors (Lipinski definition) is 1. The highest BCUT2D eigenvalue weighted by Crippen LogP contribution is 2.29. The Balaban J connectivity index is 2.15. The average molecular weight is 370 g/mol. The van der Waals surface area contributed by atoms with E-state index in [0.717, 1.165) is 0 Å². The molecule has 0 saturated heterocycles. The summed E-state index contributed by atoms with van der Waals surface area (Å²) in [5, 5.41) is 10.7. The lowest BCUT2D eigenvalue weighted by Crippen LogP contribution is -2.08. The maximum absolute atomic E-state index is 12.9. The molecule has 1 aromatic heterocycles. The molecule has 2 aromatic carbocycles. The Kier molecular flexibility index (Phi) is 5.12. The molecule has 0 spiro atoms. The van der Waals surface area contributed by atoms with E-state index < -0.39 is 11.9 Å². The van der Waals surface area contributed by atoms with Crippen molar-refractivity contribution in [3.8, 4) is 5.75 Å². The molecule has 7 heteroatoms. The normalized spacial score (nSPS) is 10.9. The van der Waals surface area contributed by atoms with Crippen molar-refractivity contribution in [3.63, 3.8) is 0 Å². The van der Waals surface area contributed by atoms with E-state index in [9.17, 15) is 19.5 Å². The number of methoxy groups -OCH3 is 1. The van der Waals surface area contributed by atoms with Crippen LogP contribution >= 0.6 is 0 Å². The van der Waals surface area contributed by atoms with Crippen molar-refractivity contribution >= 4 is 33.9 Å². The molecule has 7 nitrogen and oxygen atoms in total. The van der Waals surface area contributed by atoms with E-state index in [1.54, 1.807) is 6.92 Å². The highest BCUT2D eigenvalue weighted by Gasteiger charge is 2.17. The third-order valence-electron chi connectivity index (χ3n) is 4.22. The Morgan fingerprint density at radius 1 is 1.15 bits per heavy atom. The van der Waals surface area contributed by atoms with Gasteiger partial charge in [-0.1, -0.05) is 0 Å². The van der Waals surface area contributed by atoms with Gasteiger partial charge in [0.1, 0.15) is 16.9 Å². The fraction of sp³-hybridized carbons (Fsp3) is 0.250. The predicted octanol–water partition coefficient (Wildman–Crippen LogP) is 2.93. The summed E-state index contributed by atoms with van der Waals surface area (Å²) in [6, 6.07) is 7.24. The number of carbonyl (C=O) groups excluding carboxylic acids is 2. The molecule has 1 N–H and O–H groups in total. The van der Waals surface area contributed by atoms with E-state index in [2.05, 4.69) is 4.74 Å².